The summed E-state index contributed by atoms with van der Waals surface area (Å²) in [5.41, 5.74) is 0. The Bertz CT molecular complexity index is 257. The Morgan fingerprint density at radius 1 is 1.60 bits per heavy atom. The van der Waals surface area contributed by atoms with Crippen LogP contribution in [0.1, 0.15) is 13.3 Å². The van der Waals surface area contributed by atoms with Crippen molar-refractivity contribution in [1.29, 1.82) is 0 Å². The van der Waals surface area contributed by atoms with E-state index in [1.54, 1.807) is 6.92 Å². The molecule has 0 aliphatic carbocycles. The number of terminal acetylenes is 1. The van der Waals surface area contributed by atoms with Crippen LogP contribution >= 0.6 is 0 Å². The third kappa shape index (κ3) is 4.70. The summed E-state index contributed by atoms with van der Waals surface area (Å²) in [7, 11) is 0. The molecular weight excluding hydrogens is 211 g/mol. The van der Waals surface area contributed by atoms with E-state index in [-0.39, 0.29) is 0 Å². The zero-order chi connectivity index (χ0) is 12.1. The summed E-state index contributed by atoms with van der Waals surface area (Å²) >= 11 is 0. The van der Waals surface area contributed by atoms with Gasteiger partial charge in [0.25, 0.3) is 0 Å². The quantitative estimate of drug-likeness (QED) is 0.689. The molecule has 0 aromatic rings. The van der Waals surface area contributed by atoms with Crippen LogP contribution in [0.25, 0.3) is 0 Å². The monoisotopic (exact) mass is 223 g/mol. The highest BCUT2D eigenvalue weighted by Gasteiger charge is 2.44. The van der Waals surface area contributed by atoms with E-state index in [1.807, 2.05) is 0 Å². The maximum absolute atomic E-state index is 12.2. The SMILES string of the molecule is C#CC(CC)NCC(C(=O)O)C(F)(F)F. The van der Waals surface area contributed by atoms with Crippen molar-refractivity contribution in [3.8, 4) is 12.3 Å². The average molecular weight is 223 g/mol. The minimum Gasteiger partial charge on any atom is -0.481 e. The van der Waals surface area contributed by atoms with Crippen LogP contribution in [-0.2, 0) is 4.79 Å². The van der Waals surface area contributed by atoms with Crippen LogP contribution in [0, 0.1) is 18.3 Å². The number of aliphatic carboxylic acids is 1. The van der Waals surface area contributed by atoms with Crippen molar-refractivity contribution in [2.24, 2.45) is 5.92 Å². The lowest BCUT2D eigenvalue weighted by atomic mass is 10.1. The molecule has 6 heteroatoms. The minimum absolute atomic E-state index is 0.445. The smallest absolute Gasteiger partial charge is 0.403 e. The lowest BCUT2D eigenvalue weighted by Gasteiger charge is -2.18. The fraction of sp³-hybridized carbons (Fsp3) is 0.667. The molecule has 2 N–H and O–H groups in total. The van der Waals surface area contributed by atoms with Crippen LogP contribution < -0.4 is 5.32 Å². The number of hydrogen-bond donors (Lipinski definition) is 2. The summed E-state index contributed by atoms with van der Waals surface area (Å²) < 4.78 is 36.5. The second-order valence-electron chi connectivity index (χ2n) is 2.97. The third-order valence-corrected chi connectivity index (χ3v) is 1.87. The van der Waals surface area contributed by atoms with Gasteiger partial charge in [-0.25, -0.2) is 0 Å². The molecule has 0 radical (unpaired) electrons. The van der Waals surface area contributed by atoms with Crippen LogP contribution in [0.2, 0.25) is 0 Å². The summed E-state index contributed by atoms with van der Waals surface area (Å²) in [6.45, 7) is 0.989. The predicted octanol–water partition coefficient (Wildman–Crippen LogP) is 1.25. The van der Waals surface area contributed by atoms with Crippen molar-refractivity contribution in [2.75, 3.05) is 6.54 Å². The number of carbonyl (C=O) groups is 1. The molecule has 0 saturated heterocycles. The van der Waals surface area contributed by atoms with Gasteiger partial charge in [0.05, 0.1) is 6.04 Å². The highest BCUT2D eigenvalue weighted by molar-refractivity contribution is 5.71. The number of rotatable bonds is 5. The second-order valence-corrected chi connectivity index (χ2v) is 2.97. The molecule has 0 fully saturated rings. The zero-order valence-electron chi connectivity index (χ0n) is 8.14. The Balaban J connectivity index is 4.34. The summed E-state index contributed by atoms with van der Waals surface area (Å²) in [5.74, 6) is -2.09. The van der Waals surface area contributed by atoms with Crippen molar-refractivity contribution in [1.82, 2.24) is 5.32 Å². The predicted molar refractivity (Wildman–Crippen MR) is 48.1 cm³/mol. The fourth-order valence-electron chi connectivity index (χ4n) is 0.924. The van der Waals surface area contributed by atoms with Crippen molar-refractivity contribution in [2.45, 2.75) is 25.6 Å². The average Bonchev–Trinajstić information content (AvgIpc) is 2.09. The number of carboxylic acid groups (broad SMARTS) is 1. The summed E-state index contributed by atoms with van der Waals surface area (Å²) in [5, 5.41) is 10.7. The molecule has 2 unspecified atom stereocenters. The van der Waals surface area contributed by atoms with Gasteiger partial charge in [-0.3, -0.25) is 4.79 Å². The summed E-state index contributed by atoms with van der Waals surface area (Å²) in [6.07, 6.45) is 0.700. The van der Waals surface area contributed by atoms with Gasteiger partial charge < -0.3 is 10.4 Å². The molecule has 86 valence electrons. The van der Waals surface area contributed by atoms with Gasteiger partial charge in [-0.2, -0.15) is 13.2 Å². The molecule has 0 amide bonds. The first kappa shape index (κ1) is 13.8. The van der Waals surface area contributed by atoms with Crippen molar-refractivity contribution >= 4 is 5.97 Å². The van der Waals surface area contributed by atoms with E-state index < -0.39 is 30.7 Å². The molecule has 0 saturated carbocycles. The molecule has 0 bridgehead atoms. The molecule has 0 aromatic heterocycles. The van der Waals surface area contributed by atoms with Crippen LogP contribution in [0.15, 0.2) is 0 Å². The summed E-state index contributed by atoms with van der Waals surface area (Å²) in [6, 6.07) is -0.533. The first-order valence-electron chi connectivity index (χ1n) is 4.32. The van der Waals surface area contributed by atoms with E-state index in [4.69, 9.17) is 11.5 Å². The van der Waals surface area contributed by atoms with E-state index in [2.05, 4.69) is 11.2 Å². The third-order valence-electron chi connectivity index (χ3n) is 1.87. The molecular formula is C9H12F3NO2. The van der Waals surface area contributed by atoms with E-state index in [0.29, 0.717) is 6.42 Å². The summed E-state index contributed by atoms with van der Waals surface area (Å²) in [4.78, 5) is 10.3. The van der Waals surface area contributed by atoms with E-state index in [9.17, 15) is 18.0 Å². The van der Waals surface area contributed by atoms with E-state index in [1.165, 1.54) is 0 Å². The topological polar surface area (TPSA) is 49.3 Å². The largest absolute Gasteiger partial charge is 0.481 e. The number of alkyl halides is 3. The molecule has 0 spiro atoms. The Morgan fingerprint density at radius 3 is 2.40 bits per heavy atom. The van der Waals surface area contributed by atoms with Gasteiger partial charge in [-0.05, 0) is 6.42 Å². The lowest BCUT2D eigenvalue weighted by Crippen LogP contribution is -2.42. The fourth-order valence-corrected chi connectivity index (χ4v) is 0.924. The Kier molecular flexibility index (Phi) is 5.15. The molecule has 3 nitrogen and oxygen atoms in total. The van der Waals surface area contributed by atoms with Gasteiger partial charge in [-0.1, -0.05) is 12.8 Å². The first-order valence-corrected chi connectivity index (χ1v) is 4.32. The van der Waals surface area contributed by atoms with E-state index in [0.717, 1.165) is 0 Å². The molecule has 0 aromatic carbocycles. The van der Waals surface area contributed by atoms with Gasteiger partial charge in [0.2, 0.25) is 0 Å². The molecule has 2 atom stereocenters. The number of hydrogen-bond acceptors (Lipinski definition) is 2. The normalized spacial score (nSPS) is 15.4. The molecule has 0 aliphatic heterocycles. The van der Waals surface area contributed by atoms with Crippen LogP contribution in [0.3, 0.4) is 0 Å². The maximum atomic E-state index is 12.2. The second kappa shape index (κ2) is 5.61. The Morgan fingerprint density at radius 2 is 2.13 bits per heavy atom. The first-order chi connectivity index (χ1) is 6.82. The number of carboxylic acids is 1. The molecule has 0 rings (SSSR count). The molecule has 15 heavy (non-hydrogen) atoms. The maximum Gasteiger partial charge on any atom is 0.403 e. The van der Waals surface area contributed by atoms with E-state index >= 15 is 0 Å². The van der Waals surface area contributed by atoms with Crippen LogP contribution in [0.5, 0.6) is 0 Å². The standard InChI is InChI=1S/C9H12F3NO2/c1-3-6(4-2)13-5-7(8(14)15)9(10,11)12/h1,6-7,13H,4-5H2,2H3,(H,14,15). The number of nitrogens with one attached hydrogen (secondary N) is 1. The minimum atomic E-state index is -4.76. The Labute approximate surface area is 85.7 Å². The van der Waals surface area contributed by atoms with Crippen LogP contribution in [-0.4, -0.2) is 29.8 Å². The van der Waals surface area contributed by atoms with Crippen molar-refractivity contribution in [3.05, 3.63) is 0 Å². The number of halogens is 3. The van der Waals surface area contributed by atoms with Gasteiger partial charge >= 0.3 is 12.1 Å². The highest BCUT2D eigenvalue weighted by Crippen LogP contribution is 2.25. The van der Waals surface area contributed by atoms with Gasteiger partial charge in [0, 0.05) is 6.54 Å². The van der Waals surface area contributed by atoms with Crippen molar-refractivity contribution < 1.29 is 23.1 Å². The van der Waals surface area contributed by atoms with Crippen molar-refractivity contribution in [3.63, 3.8) is 0 Å². The van der Waals surface area contributed by atoms with Crippen LogP contribution in [0.4, 0.5) is 13.2 Å². The van der Waals surface area contributed by atoms with Gasteiger partial charge in [0.1, 0.15) is 0 Å². The van der Waals surface area contributed by atoms with Gasteiger partial charge in [-0.15, -0.1) is 6.42 Å². The van der Waals surface area contributed by atoms with Gasteiger partial charge in [0.15, 0.2) is 5.92 Å². The molecule has 0 aliphatic rings. The highest BCUT2D eigenvalue weighted by atomic mass is 19.4. The molecule has 0 heterocycles. The lowest BCUT2D eigenvalue weighted by molar-refractivity contribution is -0.192. The zero-order valence-corrected chi connectivity index (χ0v) is 8.14. The Hall–Kier alpha value is -1.22.